The number of amides is 1. The zero-order valence-electron chi connectivity index (χ0n) is 7.38. The molecule has 70 valence electrons. The van der Waals surface area contributed by atoms with Crippen LogP contribution in [0.15, 0.2) is 0 Å². The molecule has 1 heterocycles. The summed E-state index contributed by atoms with van der Waals surface area (Å²) in [7, 11) is 0. The molecular formula is C8H16N2OS. The summed E-state index contributed by atoms with van der Waals surface area (Å²) in [6.07, 6.45) is 2.19. The maximum Gasteiger partial charge on any atom is 0.233 e. The minimum Gasteiger partial charge on any atom is -0.351 e. The Morgan fingerprint density at radius 1 is 1.83 bits per heavy atom. The van der Waals surface area contributed by atoms with Crippen molar-refractivity contribution in [1.82, 2.24) is 5.32 Å². The van der Waals surface area contributed by atoms with Crippen LogP contribution in [0.2, 0.25) is 0 Å². The highest BCUT2D eigenvalue weighted by Gasteiger charge is 2.23. The number of hydrogen-bond donors (Lipinski definition) is 2. The zero-order chi connectivity index (χ0) is 8.97. The Morgan fingerprint density at radius 2 is 2.58 bits per heavy atom. The van der Waals surface area contributed by atoms with Gasteiger partial charge in [0.1, 0.15) is 0 Å². The summed E-state index contributed by atoms with van der Waals surface area (Å²) < 4.78 is 0. The SMILES string of the molecule is C[C@@H](CN)NC(=O)C1CCCS1. The third-order valence-electron chi connectivity index (χ3n) is 1.96. The van der Waals surface area contributed by atoms with Crippen molar-refractivity contribution >= 4 is 17.7 Å². The van der Waals surface area contributed by atoms with Gasteiger partial charge in [-0.25, -0.2) is 0 Å². The van der Waals surface area contributed by atoms with Crippen molar-refractivity contribution in [3.8, 4) is 0 Å². The molecule has 0 bridgehead atoms. The fraction of sp³-hybridized carbons (Fsp3) is 0.875. The molecule has 0 aromatic rings. The molecule has 1 amide bonds. The quantitative estimate of drug-likeness (QED) is 0.672. The highest BCUT2D eigenvalue weighted by atomic mass is 32.2. The van der Waals surface area contributed by atoms with Gasteiger partial charge in [0, 0.05) is 12.6 Å². The molecule has 1 saturated heterocycles. The van der Waals surface area contributed by atoms with Crippen LogP contribution in [0.4, 0.5) is 0 Å². The summed E-state index contributed by atoms with van der Waals surface area (Å²) in [5, 5.41) is 3.07. The smallest absolute Gasteiger partial charge is 0.233 e. The molecule has 0 spiro atoms. The first-order valence-electron chi connectivity index (χ1n) is 4.36. The van der Waals surface area contributed by atoms with Gasteiger partial charge >= 0.3 is 0 Å². The van der Waals surface area contributed by atoms with Gasteiger partial charge in [0.15, 0.2) is 0 Å². The second-order valence-electron chi connectivity index (χ2n) is 3.15. The Bertz CT molecular complexity index is 157. The summed E-state index contributed by atoms with van der Waals surface area (Å²) in [6, 6.07) is 0.110. The van der Waals surface area contributed by atoms with Crippen LogP contribution in [0.25, 0.3) is 0 Å². The van der Waals surface area contributed by atoms with Crippen molar-refractivity contribution < 1.29 is 4.79 Å². The molecule has 0 saturated carbocycles. The molecule has 1 unspecified atom stereocenters. The van der Waals surface area contributed by atoms with E-state index in [-0.39, 0.29) is 17.2 Å². The van der Waals surface area contributed by atoms with Crippen LogP contribution in [0, 0.1) is 0 Å². The predicted octanol–water partition coefficient (Wildman–Crippen LogP) is 0.345. The molecule has 4 heteroatoms. The number of thioether (sulfide) groups is 1. The molecule has 3 nitrogen and oxygen atoms in total. The third-order valence-corrected chi connectivity index (χ3v) is 3.34. The van der Waals surface area contributed by atoms with Gasteiger partial charge in [0.25, 0.3) is 0 Å². The first kappa shape index (κ1) is 9.86. The van der Waals surface area contributed by atoms with Crippen molar-refractivity contribution in [3.05, 3.63) is 0 Å². The van der Waals surface area contributed by atoms with Crippen molar-refractivity contribution in [2.75, 3.05) is 12.3 Å². The van der Waals surface area contributed by atoms with E-state index in [1.54, 1.807) is 11.8 Å². The maximum absolute atomic E-state index is 11.4. The standard InChI is InChI=1S/C8H16N2OS/c1-6(5-9)10-8(11)7-3-2-4-12-7/h6-7H,2-5,9H2,1H3,(H,10,11)/t6-,7?/m0/s1. The van der Waals surface area contributed by atoms with Crippen LogP contribution in [-0.4, -0.2) is 29.5 Å². The van der Waals surface area contributed by atoms with E-state index in [0.29, 0.717) is 6.54 Å². The minimum absolute atomic E-state index is 0.110. The van der Waals surface area contributed by atoms with Crippen LogP contribution >= 0.6 is 11.8 Å². The van der Waals surface area contributed by atoms with Crippen LogP contribution in [-0.2, 0) is 4.79 Å². The van der Waals surface area contributed by atoms with E-state index in [0.717, 1.165) is 12.2 Å². The van der Waals surface area contributed by atoms with Gasteiger partial charge in [-0.1, -0.05) is 0 Å². The van der Waals surface area contributed by atoms with E-state index in [1.807, 2.05) is 6.92 Å². The van der Waals surface area contributed by atoms with Crippen LogP contribution in [0.1, 0.15) is 19.8 Å². The largest absolute Gasteiger partial charge is 0.351 e. The van der Waals surface area contributed by atoms with Gasteiger partial charge in [0.2, 0.25) is 5.91 Å². The fourth-order valence-electron chi connectivity index (χ4n) is 1.18. The third kappa shape index (κ3) is 2.68. The monoisotopic (exact) mass is 188 g/mol. The average Bonchev–Trinajstić information content (AvgIpc) is 2.56. The summed E-state index contributed by atoms with van der Waals surface area (Å²) in [5.74, 6) is 1.28. The number of nitrogens with one attached hydrogen (secondary N) is 1. The van der Waals surface area contributed by atoms with Gasteiger partial charge in [0.05, 0.1) is 5.25 Å². The van der Waals surface area contributed by atoms with Gasteiger partial charge in [-0.05, 0) is 25.5 Å². The summed E-state index contributed by atoms with van der Waals surface area (Å²) in [4.78, 5) is 11.4. The molecule has 0 aliphatic carbocycles. The first-order valence-corrected chi connectivity index (χ1v) is 5.41. The van der Waals surface area contributed by atoms with Gasteiger partial charge in [-0.2, -0.15) is 0 Å². The van der Waals surface area contributed by atoms with Crippen LogP contribution in [0.5, 0.6) is 0 Å². The summed E-state index contributed by atoms with van der Waals surface area (Å²) in [6.45, 7) is 2.45. The summed E-state index contributed by atoms with van der Waals surface area (Å²) in [5.41, 5.74) is 5.40. The first-order chi connectivity index (χ1) is 5.74. The Hall–Kier alpha value is -0.220. The molecule has 12 heavy (non-hydrogen) atoms. The van der Waals surface area contributed by atoms with Gasteiger partial charge in [-0.3, -0.25) is 4.79 Å². The molecule has 0 aromatic carbocycles. The lowest BCUT2D eigenvalue weighted by molar-refractivity contribution is -0.121. The van der Waals surface area contributed by atoms with E-state index >= 15 is 0 Å². The van der Waals surface area contributed by atoms with Crippen molar-refractivity contribution in [2.24, 2.45) is 5.73 Å². The Kier molecular flexibility index (Phi) is 3.88. The molecule has 0 aromatic heterocycles. The second-order valence-corrected chi connectivity index (χ2v) is 4.46. The Balaban J connectivity index is 2.27. The second kappa shape index (κ2) is 4.72. The summed E-state index contributed by atoms with van der Waals surface area (Å²) >= 11 is 1.75. The van der Waals surface area contributed by atoms with E-state index in [4.69, 9.17) is 5.73 Å². The Labute approximate surface area is 77.5 Å². The molecule has 1 aliphatic rings. The lowest BCUT2D eigenvalue weighted by atomic mass is 10.2. The van der Waals surface area contributed by atoms with Crippen molar-refractivity contribution in [1.29, 1.82) is 0 Å². The van der Waals surface area contributed by atoms with Gasteiger partial charge in [-0.15, -0.1) is 11.8 Å². The predicted molar refractivity (Wildman–Crippen MR) is 52.1 cm³/mol. The number of nitrogens with two attached hydrogens (primary N) is 1. The number of carbonyl (C=O) groups excluding carboxylic acids is 1. The van der Waals surface area contributed by atoms with E-state index in [2.05, 4.69) is 5.32 Å². The topological polar surface area (TPSA) is 55.1 Å². The average molecular weight is 188 g/mol. The van der Waals surface area contributed by atoms with E-state index in [9.17, 15) is 4.79 Å². The molecule has 2 atom stereocenters. The van der Waals surface area contributed by atoms with Crippen LogP contribution < -0.4 is 11.1 Å². The highest BCUT2D eigenvalue weighted by Crippen LogP contribution is 2.25. The lowest BCUT2D eigenvalue weighted by Crippen LogP contribution is -2.41. The molecule has 1 aliphatic heterocycles. The van der Waals surface area contributed by atoms with Gasteiger partial charge < -0.3 is 11.1 Å². The molecule has 3 N–H and O–H groups in total. The van der Waals surface area contributed by atoms with Crippen molar-refractivity contribution in [3.63, 3.8) is 0 Å². The number of hydrogen-bond acceptors (Lipinski definition) is 3. The highest BCUT2D eigenvalue weighted by molar-refractivity contribution is 8.00. The molecular weight excluding hydrogens is 172 g/mol. The zero-order valence-corrected chi connectivity index (χ0v) is 8.19. The normalized spacial score (nSPS) is 25.3. The fourth-order valence-corrected chi connectivity index (χ4v) is 2.35. The minimum atomic E-state index is 0.110. The molecule has 1 rings (SSSR count). The van der Waals surface area contributed by atoms with Crippen molar-refractivity contribution in [2.45, 2.75) is 31.1 Å². The number of rotatable bonds is 3. The molecule has 0 radical (unpaired) electrons. The van der Waals surface area contributed by atoms with E-state index in [1.165, 1.54) is 6.42 Å². The Morgan fingerprint density at radius 3 is 3.08 bits per heavy atom. The van der Waals surface area contributed by atoms with Crippen LogP contribution in [0.3, 0.4) is 0 Å². The maximum atomic E-state index is 11.4. The van der Waals surface area contributed by atoms with E-state index < -0.39 is 0 Å². The molecule has 1 fully saturated rings. The number of carbonyl (C=O) groups is 1. The lowest BCUT2D eigenvalue weighted by Gasteiger charge is -2.14.